The molecule has 0 bridgehead atoms. The largest absolute Gasteiger partial charge is 0.480 e. The Hall–Kier alpha value is -1.16. The fraction of sp³-hybridized carbons (Fsp3) is 0.833. The molecule has 0 unspecified atom stereocenters. The molecule has 2 fully saturated rings. The zero-order chi connectivity index (χ0) is 15.8. The van der Waals surface area contributed by atoms with Gasteiger partial charge in [-0.3, -0.25) is 9.59 Å². The summed E-state index contributed by atoms with van der Waals surface area (Å²) >= 11 is 0. The van der Waals surface area contributed by atoms with E-state index in [2.05, 4.69) is 0 Å². The van der Waals surface area contributed by atoms with Gasteiger partial charge in [-0.1, -0.05) is 6.42 Å². The van der Waals surface area contributed by atoms with E-state index in [1.54, 1.807) is 0 Å². The molecule has 2 atom stereocenters. The van der Waals surface area contributed by atoms with Crippen LogP contribution in [0.5, 0.6) is 0 Å². The molecule has 0 radical (unpaired) electrons. The van der Waals surface area contributed by atoms with Crippen LogP contribution < -0.4 is 11.5 Å². The molecule has 0 aromatic rings. The average molecular weight is 299 g/mol. The summed E-state index contributed by atoms with van der Waals surface area (Å²) in [6, 6.07) is 0. The predicted molar refractivity (Wildman–Crippen MR) is 75.0 cm³/mol. The molecule has 1 saturated carbocycles. The summed E-state index contributed by atoms with van der Waals surface area (Å²) in [6.45, 7) is 0.203. The summed E-state index contributed by atoms with van der Waals surface area (Å²) in [4.78, 5) is 25.2. The van der Waals surface area contributed by atoms with E-state index in [4.69, 9.17) is 21.5 Å². The topological polar surface area (TPSA) is 150 Å². The Balaban J connectivity index is 2.03. The van der Waals surface area contributed by atoms with Crippen LogP contribution in [0, 0.1) is 5.92 Å². The van der Waals surface area contributed by atoms with Gasteiger partial charge in [0, 0.05) is 19.0 Å². The third kappa shape index (κ3) is 3.21. The number of carboxylic acid groups (broad SMARTS) is 1. The highest BCUT2D eigenvalue weighted by molar-refractivity contribution is 6.40. The number of nitrogens with two attached hydrogens (primary N) is 2. The molecular formula is C12H22BN3O5. The fourth-order valence-electron chi connectivity index (χ4n) is 2.89. The fourth-order valence-corrected chi connectivity index (χ4v) is 2.89. The maximum absolute atomic E-state index is 12.2. The minimum atomic E-state index is -1.50. The van der Waals surface area contributed by atoms with Crippen LogP contribution in [0.15, 0.2) is 0 Å². The van der Waals surface area contributed by atoms with Gasteiger partial charge in [0.2, 0.25) is 5.91 Å². The molecule has 0 aromatic heterocycles. The molecular weight excluding hydrogens is 277 g/mol. The summed E-state index contributed by atoms with van der Waals surface area (Å²) < 4.78 is 0. The normalized spacial score (nSPS) is 30.3. The van der Waals surface area contributed by atoms with Gasteiger partial charge in [-0.15, -0.1) is 0 Å². The van der Waals surface area contributed by atoms with Crippen LogP contribution in [-0.2, 0) is 9.59 Å². The van der Waals surface area contributed by atoms with Crippen molar-refractivity contribution in [3.05, 3.63) is 0 Å². The monoisotopic (exact) mass is 299 g/mol. The molecule has 7 N–H and O–H groups in total. The van der Waals surface area contributed by atoms with E-state index >= 15 is 0 Å². The highest BCUT2D eigenvalue weighted by Gasteiger charge is 2.55. The minimum absolute atomic E-state index is 0.0491. The van der Waals surface area contributed by atoms with Crippen molar-refractivity contribution in [1.29, 1.82) is 0 Å². The minimum Gasteiger partial charge on any atom is -0.480 e. The molecule has 1 saturated heterocycles. The van der Waals surface area contributed by atoms with Crippen LogP contribution in [0.4, 0.5) is 0 Å². The third-order valence-corrected chi connectivity index (χ3v) is 4.54. The predicted octanol–water partition coefficient (Wildman–Crippen LogP) is -2.03. The lowest BCUT2D eigenvalue weighted by atomic mass is 9.78. The van der Waals surface area contributed by atoms with Crippen molar-refractivity contribution in [3.63, 3.8) is 0 Å². The van der Waals surface area contributed by atoms with Gasteiger partial charge in [0.05, 0.1) is 5.54 Å². The molecule has 1 aliphatic heterocycles. The van der Waals surface area contributed by atoms with Crippen molar-refractivity contribution in [3.8, 4) is 0 Å². The molecule has 118 valence electrons. The maximum atomic E-state index is 12.2. The molecule has 8 nitrogen and oxygen atoms in total. The van der Waals surface area contributed by atoms with Gasteiger partial charge >= 0.3 is 13.1 Å². The second-order valence-corrected chi connectivity index (χ2v) is 6.30. The smallest absolute Gasteiger partial charge is 0.451 e. The Morgan fingerprint density at radius 1 is 1.29 bits per heavy atom. The van der Waals surface area contributed by atoms with E-state index in [9.17, 15) is 14.7 Å². The van der Waals surface area contributed by atoms with Gasteiger partial charge in [0.25, 0.3) is 0 Å². The zero-order valence-electron chi connectivity index (χ0n) is 11.9. The molecule has 0 aromatic carbocycles. The van der Waals surface area contributed by atoms with Crippen LogP contribution in [0.25, 0.3) is 0 Å². The number of carboxylic acids is 1. The van der Waals surface area contributed by atoms with Crippen LogP contribution in [-0.4, -0.2) is 63.2 Å². The Bertz CT molecular complexity index is 443. The van der Waals surface area contributed by atoms with Crippen molar-refractivity contribution >= 4 is 19.0 Å². The lowest BCUT2D eigenvalue weighted by Gasteiger charge is -2.25. The molecule has 2 aliphatic rings. The Labute approximate surface area is 123 Å². The highest BCUT2D eigenvalue weighted by Crippen LogP contribution is 2.38. The van der Waals surface area contributed by atoms with Crippen molar-refractivity contribution in [2.45, 2.75) is 43.1 Å². The summed E-state index contributed by atoms with van der Waals surface area (Å²) in [5.41, 5.74) is 9.53. The molecule has 1 heterocycles. The molecule has 1 aliphatic carbocycles. The molecule has 21 heavy (non-hydrogen) atoms. The second-order valence-electron chi connectivity index (χ2n) is 6.30. The lowest BCUT2D eigenvalue weighted by Crippen LogP contribution is -2.55. The van der Waals surface area contributed by atoms with Gasteiger partial charge in [0.1, 0.15) is 5.54 Å². The van der Waals surface area contributed by atoms with E-state index in [-0.39, 0.29) is 25.3 Å². The number of carbonyl (C=O) groups excluding carboxylic acids is 1. The lowest BCUT2D eigenvalue weighted by molar-refractivity contribution is -0.144. The van der Waals surface area contributed by atoms with Gasteiger partial charge in [0.15, 0.2) is 0 Å². The summed E-state index contributed by atoms with van der Waals surface area (Å²) in [6.07, 6.45) is 2.25. The van der Waals surface area contributed by atoms with E-state index in [0.717, 1.165) is 0 Å². The SMILES string of the molecule is NC1(C(=O)N2C[C@H](CCCB(O)O)[C@](N)(C(=O)O)C2)CC1. The molecule has 1 amide bonds. The maximum Gasteiger partial charge on any atom is 0.451 e. The number of rotatable bonds is 6. The van der Waals surface area contributed by atoms with Gasteiger partial charge < -0.3 is 31.5 Å². The first-order valence-electron chi connectivity index (χ1n) is 7.16. The van der Waals surface area contributed by atoms with E-state index < -0.39 is 30.1 Å². The number of hydrogen-bond donors (Lipinski definition) is 5. The van der Waals surface area contributed by atoms with Crippen LogP contribution >= 0.6 is 0 Å². The molecule has 9 heteroatoms. The number of carbonyl (C=O) groups is 2. The number of nitrogens with zero attached hydrogens (tertiary/aromatic N) is 1. The standard InChI is InChI=1S/C12H22BN3O5/c14-11(3-4-11)9(17)16-6-8(2-1-5-13(20)21)12(15,7-16)10(18)19/h8,20-21H,1-7,14-15H2,(H,18,19)/t8-,12-/m0/s1. The molecule has 2 rings (SSSR count). The highest BCUT2D eigenvalue weighted by atomic mass is 16.4. The van der Waals surface area contributed by atoms with Crippen molar-refractivity contribution < 1.29 is 24.7 Å². The van der Waals surface area contributed by atoms with E-state index in [1.165, 1.54) is 4.90 Å². The Morgan fingerprint density at radius 3 is 2.38 bits per heavy atom. The zero-order valence-corrected chi connectivity index (χ0v) is 11.9. The third-order valence-electron chi connectivity index (χ3n) is 4.54. The Kier molecular flexibility index (Phi) is 4.30. The van der Waals surface area contributed by atoms with Crippen LogP contribution in [0.2, 0.25) is 6.32 Å². The first kappa shape index (κ1) is 16.2. The first-order chi connectivity index (χ1) is 9.69. The number of aliphatic carboxylic acids is 1. The van der Waals surface area contributed by atoms with Gasteiger partial charge in [-0.25, -0.2) is 0 Å². The number of hydrogen-bond acceptors (Lipinski definition) is 6. The average Bonchev–Trinajstić information content (AvgIpc) is 3.04. The van der Waals surface area contributed by atoms with Crippen molar-refractivity contribution in [2.75, 3.05) is 13.1 Å². The van der Waals surface area contributed by atoms with E-state index in [0.29, 0.717) is 25.7 Å². The Morgan fingerprint density at radius 2 is 1.90 bits per heavy atom. The summed E-state index contributed by atoms with van der Waals surface area (Å²) in [7, 11) is -1.42. The van der Waals surface area contributed by atoms with Gasteiger partial charge in [-0.05, 0) is 25.6 Å². The van der Waals surface area contributed by atoms with Crippen LogP contribution in [0.1, 0.15) is 25.7 Å². The van der Waals surface area contributed by atoms with Crippen molar-refractivity contribution in [1.82, 2.24) is 4.90 Å². The van der Waals surface area contributed by atoms with Crippen LogP contribution in [0.3, 0.4) is 0 Å². The number of likely N-dealkylation sites (tertiary alicyclic amines) is 1. The molecule has 0 spiro atoms. The first-order valence-corrected chi connectivity index (χ1v) is 7.16. The number of amides is 1. The quantitative estimate of drug-likeness (QED) is 0.355. The van der Waals surface area contributed by atoms with E-state index in [1.807, 2.05) is 0 Å². The van der Waals surface area contributed by atoms with Crippen molar-refractivity contribution in [2.24, 2.45) is 17.4 Å². The summed E-state index contributed by atoms with van der Waals surface area (Å²) in [5, 5.41) is 27.1. The van der Waals surface area contributed by atoms with Gasteiger partial charge in [-0.2, -0.15) is 0 Å². The summed E-state index contributed by atoms with van der Waals surface area (Å²) in [5.74, 6) is -1.79. The second kappa shape index (κ2) is 5.56.